The number of alkyl halides is 1. The number of nitrogens with zero attached hydrogens (tertiary/aromatic N) is 2. The van der Waals surface area contributed by atoms with Crippen LogP contribution in [0, 0.1) is 11.7 Å². The number of aromatic nitrogens is 2. The Bertz CT molecular complexity index is 603. The van der Waals surface area contributed by atoms with Gasteiger partial charge in [-0.3, -0.25) is 0 Å². The van der Waals surface area contributed by atoms with Gasteiger partial charge in [-0.2, -0.15) is 0 Å². The van der Waals surface area contributed by atoms with Crippen molar-refractivity contribution in [3.05, 3.63) is 28.8 Å². The highest BCUT2D eigenvalue weighted by atomic mass is 35.5. The molecule has 0 spiro atoms. The summed E-state index contributed by atoms with van der Waals surface area (Å²) < 4.78 is 15.7. The number of benzene rings is 1. The summed E-state index contributed by atoms with van der Waals surface area (Å²) in [7, 11) is 0. The second-order valence-corrected chi connectivity index (χ2v) is 5.69. The highest BCUT2D eigenvalue weighted by Gasteiger charge is 2.30. The van der Waals surface area contributed by atoms with E-state index in [2.05, 4.69) is 16.5 Å². The van der Waals surface area contributed by atoms with Gasteiger partial charge in [-0.05, 0) is 24.8 Å². The molecule has 1 aliphatic carbocycles. The molecule has 1 heterocycles. The van der Waals surface area contributed by atoms with Gasteiger partial charge in [0.2, 0.25) is 0 Å². The van der Waals surface area contributed by atoms with E-state index in [1.54, 1.807) is 6.07 Å². The first-order chi connectivity index (χ1) is 8.60. The van der Waals surface area contributed by atoms with Crippen molar-refractivity contribution in [2.45, 2.75) is 31.7 Å². The van der Waals surface area contributed by atoms with Crippen molar-refractivity contribution in [1.29, 1.82) is 0 Å². The van der Waals surface area contributed by atoms with E-state index >= 15 is 0 Å². The molecular formula is C13H13Cl2FN2. The van der Waals surface area contributed by atoms with Crippen LogP contribution in [0.2, 0.25) is 5.02 Å². The van der Waals surface area contributed by atoms with Gasteiger partial charge >= 0.3 is 0 Å². The van der Waals surface area contributed by atoms with Gasteiger partial charge in [-0.15, -0.1) is 11.6 Å². The molecule has 96 valence electrons. The second-order valence-electron chi connectivity index (χ2n) is 5.02. The van der Waals surface area contributed by atoms with Gasteiger partial charge in [0.05, 0.1) is 21.9 Å². The Morgan fingerprint density at radius 1 is 1.44 bits per heavy atom. The molecule has 0 saturated heterocycles. The van der Waals surface area contributed by atoms with Gasteiger partial charge in [0, 0.05) is 12.1 Å². The number of halogens is 3. The third kappa shape index (κ3) is 1.81. The molecule has 0 amide bonds. The zero-order valence-corrected chi connectivity index (χ0v) is 11.5. The lowest BCUT2D eigenvalue weighted by molar-refractivity contribution is 0.217. The summed E-state index contributed by atoms with van der Waals surface area (Å²) in [5.74, 6) is 1.44. The van der Waals surface area contributed by atoms with Crippen LogP contribution in [0.3, 0.4) is 0 Å². The zero-order valence-electron chi connectivity index (χ0n) is 9.96. The fraction of sp³-hybridized carbons (Fsp3) is 0.462. The highest BCUT2D eigenvalue weighted by molar-refractivity contribution is 6.31. The zero-order chi connectivity index (χ0) is 12.9. The molecule has 1 saturated carbocycles. The van der Waals surface area contributed by atoms with Crippen LogP contribution in [0.5, 0.6) is 0 Å². The van der Waals surface area contributed by atoms with Gasteiger partial charge in [0.25, 0.3) is 0 Å². The van der Waals surface area contributed by atoms with Crippen molar-refractivity contribution >= 4 is 34.2 Å². The largest absolute Gasteiger partial charge is 0.324 e. The first-order valence-corrected chi connectivity index (χ1v) is 6.93. The monoisotopic (exact) mass is 286 g/mol. The van der Waals surface area contributed by atoms with Crippen molar-refractivity contribution in [1.82, 2.24) is 9.55 Å². The van der Waals surface area contributed by atoms with Crippen LogP contribution in [0.25, 0.3) is 11.0 Å². The number of hydrogen-bond acceptors (Lipinski definition) is 1. The Labute approximate surface area is 115 Å². The molecule has 18 heavy (non-hydrogen) atoms. The SMILES string of the molecule is CC1CC(n2c(CCl)nc3cc(Cl)c(F)cc32)C1. The summed E-state index contributed by atoms with van der Waals surface area (Å²) in [5.41, 5.74) is 1.51. The van der Waals surface area contributed by atoms with Gasteiger partial charge < -0.3 is 4.57 Å². The van der Waals surface area contributed by atoms with Crippen LogP contribution in [0.15, 0.2) is 12.1 Å². The van der Waals surface area contributed by atoms with Gasteiger partial charge in [-0.25, -0.2) is 9.37 Å². The quantitative estimate of drug-likeness (QED) is 0.741. The van der Waals surface area contributed by atoms with Crippen molar-refractivity contribution in [2.24, 2.45) is 5.92 Å². The van der Waals surface area contributed by atoms with Crippen molar-refractivity contribution < 1.29 is 4.39 Å². The Balaban J connectivity index is 2.18. The molecule has 1 aliphatic rings. The number of hydrogen-bond donors (Lipinski definition) is 0. The lowest BCUT2D eigenvalue weighted by Crippen LogP contribution is -2.25. The van der Waals surface area contributed by atoms with Crippen LogP contribution >= 0.6 is 23.2 Å². The number of rotatable bonds is 2. The van der Waals surface area contributed by atoms with Crippen LogP contribution < -0.4 is 0 Å². The van der Waals surface area contributed by atoms with E-state index in [9.17, 15) is 4.39 Å². The summed E-state index contributed by atoms with van der Waals surface area (Å²) in [6, 6.07) is 3.42. The van der Waals surface area contributed by atoms with Gasteiger partial charge in [0.15, 0.2) is 0 Å². The summed E-state index contributed by atoms with van der Waals surface area (Å²) in [5, 5.41) is 0.107. The Hall–Kier alpha value is -0.800. The van der Waals surface area contributed by atoms with Crippen LogP contribution in [-0.4, -0.2) is 9.55 Å². The predicted octanol–water partition coefficient (Wildman–Crippen LogP) is 4.54. The van der Waals surface area contributed by atoms with E-state index in [0.29, 0.717) is 17.8 Å². The summed E-state index contributed by atoms with van der Waals surface area (Å²) >= 11 is 11.7. The standard InChI is InChI=1S/C13H13Cl2FN2/c1-7-2-8(3-7)18-12-5-10(16)9(15)4-11(12)17-13(18)6-14/h4-5,7-8H,2-3,6H2,1H3. The maximum absolute atomic E-state index is 13.6. The summed E-state index contributed by atoms with van der Waals surface area (Å²) in [4.78, 5) is 4.44. The van der Waals surface area contributed by atoms with E-state index in [1.807, 2.05) is 0 Å². The van der Waals surface area contributed by atoms with E-state index < -0.39 is 5.82 Å². The molecule has 0 bridgehead atoms. The predicted molar refractivity (Wildman–Crippen MR) is 71.7 cm³/mol. The second kappa shape index (κ2) is 4.39. The molecule has 0 radical (unpaired) electrons. The molecule has 0 unspecified atom stereocenters. The van der Waals surface area contributed by atoms with Crippen LogP contribution in [-0.2, 0) is 5.88 Å². The first kappa shape index (κ1) is 12.2. The number of imidazole rings is 1. The Morgan fingerprint density at radius 2 is 2.17 bits per heavy atom. The maximum atomic E-state index is 13.6. The number of fused-ring (bicyclic) bond motifs is 1. The molecule has 1 fully saturated rings. The van der Waals surface area contributed by atoms with E-state index in [-0.39, 0.29) is 5.02 Å². The smallest absolute Gasteiger partial charge is 0.144 e. The first-order valence-electron chi connectivity index (χ1n) is 6.02. The normalized spacial score (nSPS) is 23.3. The molecule has 5 heteroatoms. The van der Waals surface area contributed by atoms with Crippen molar-refractivity contribution in [3.63, 3.8) is 0 Å². The molecule has 0 aliphatic heterocycles. The van der Waals surface area contributed by atoms with E-state index in [1.165, 1.54) is 6.07 Å². The average Bonchev–Trinajstić information content (AvgIpc) is 2.63. The lowest BCUT2D eigenvalue weighted by Gasteiger charge is -2.35. The fourth-order valence-electron chi connectivity index (χ4n) is 2.71. The fourth-order valence-corrected chi connectivity index (χ4v) is 3.06. The summed E-state index contributed by atoms with van der Waals surface area (Å²) in [6.45, 7) is 2.22. The van der Waals surface area contributed by atoms with Gasteiger partial charge in [-0.1, -0.05) is 18.5 Å². The lowest BCUT2D eigenvalue weighted by atomic mass is 9.81. The molecule has 2 nitrogen and oxygen atoms in total. The molecule has 0 N–H and O–H groups in total. The van der Waals surface area contributed by atoms with E-state index in [0.717, 1.165) is 29.7 Å². The van der Waals surface area contributed by atoms with Crippen molar-refractivity contribution in [2.75, 3.05) is 0 Å². The average molecular weight is 287 g/mol. The van der Waals surface area contributed by atoms with Crippen molar-refractivity contribution in [3.8, 4) is 0 Å². The highest BCUT2D eigenvalue weighted by Crippen LogP contribution is 2.40. The molecule has 3 rings (SSSR count). The molecular weight excluding hydrogens is 274 g/mol. The topological polar surface area (TPSA) is 17.8 Å². The molecule has 0 atom stereocenters. The van der Waals surface area contributed by atoms with Gasteiger partial charge in [0.1, 0.15) is 11.6 Å². The van der Waals surface area contributed by atoms with E-state index in [4.69, 9.17) is 23.2 Å². The third-order valence-electron chi connectivity index (χ3n) is 3.64. The minimum Gasteiger partial charge on any atom is -0.324 e. The minimum absolute atomic E-state index is 0.107. The Kier molecular flexibility index (Phi) is 2.99. The molecule has 1 aromatic heterocycles. The maximum Gasteiger partial charge on any atom is 0.144 e. The van der Waals surface area contributed by atoms with Crippen LogP contribution in [0.1, 0.15) is 31.6 Å². The molecule has 2 aromatic rings. The molecule has 1 aromatic carbocycles. The van der Waals surface area contributed by atoms with Crippen LogP contribution in [0.4, 0.5) is 4.39 Å². The Morgan fingerprint density at radius 3 is 2.78 bits per heavy atom. The summed E-state index contributed by atoms with van der Waals surface area (Å²) in [6.07, 6.45) is 2.19. The minimum atomic E-state index is -0.404. The third-order valence-corrected chi connectivity index (χ3v) is 4.17.